The molecule has 5 N–H and O–H groups in total. The molecule has 1 spiro atoms. The van der Waals surface area contributed by atoms with Crippen molar-refractivity contribution in [2.75, 3.05) is 51.3 Å². The molecule has 2 unspecified atom stereocenters. The highest BCUT2D eigenvalue weighted by molar-refractivity contribution is 5.99. The number of piperidine rings is 1. The molecule has 6 heterocycles. The van der Waals surface area contributed by atoms with Crippen LogP contribution in [0.5, 0.6) is 0 Å². The summed E-state index contributed by atoms with van der Waals surface area (Å²) in [5.41, 5.74) is -3.39. The molecule has 5 aliphatic heterocycles. The molecule has 6 aliphatic rings. The van der Waals surface area contributed by atoms with Gasteiger partial charge in [0, 0.05) is 72.3 Å². The van der Waals surface area contributed by atoms with Crippen molar-refractivity contribution in [1.29, 1.82) is 0 Å². The number of H-pyrrole nitrogens is 1. The number of hydrogen-bond acceptors (Lipinski definition) is 12. The number of Topliss-reactive ketones (excluding diaryl/α,β-unsaturated/α-hetero) is 1. The van der Waals surface area contributed by atoms with Gasteiger partial charge in [-0.2, -0.15) is 0 Å². The Balaban J connectivity index is 1.38. The second-order valence-electron chi connectivity index (χ2n) is 18.3. The van der Waals surface area contributed by atoms with E-state index in [1.807, 2.05) is 56.3 Å². The van der Waals surface area contributed by atoms with E-state index in [9.17, 15) is 34.8 Å². The van der Waals surface area contributed by atoms with Crippen molar-refractivity contribution in [1.82, 2.24) is 14.8 Å². The summed E-state index contributed by atoms with van der Waals surface area (Å²) in [6.07, 6.45) is 5.44. The summed E-state index contributed by atoms with van der Waals surface area (Å²) in [4.78, 5) is 65.8. The van der Waals surface area contributed by atoms with Crippen molar-refractivity contribution >= 4 is 40.7 Å². The van der Waals surface area contributed by atoms with Crippen molar-refractivity contribution in [3.63, 3.8) is 0 Å². The van der Waals surface area contributed by atoms with Crippen LogP contribution >= 0.6 is 0 Å². The lowest BCUT2D eigenvalue weighted by atomic mass is 9.47. The summed E-state index contributed by atoms with van der Waals surface area (Å²) in [5, 5.41) is 48.7. The number of benzene rings is 2. The van der Waals surface area contributed by atoms with Crippen molar-refractivity contribution in [3.8, 4) is 0 Å². The number of fused-ring (bicyclic) bond motifs is 6. The summed E-state index contributed by atoms with van der Waals surface area (Å²) >= 11 is 0. The molecule has 2 aromatic carbocycles. The number of hydrogen-bond donors (Lipinski definition) is 5. The van der Waals surface area contributed by atoms with E-state index in [4.69, 9.17) is 9.47 Å². The van der Waals surface area contributed by atoms with Crippen LogP contribution in [0, 0.1) is 11.3 Å². The first kappa shape index (κ1) is 40.9. The van der Waals surface area contributed by atoms with Crippen molar-refractivity contribution < 1.29 is 49.1 Å². The number of rotatable bonds is 9. The Morgan fingerprint density at radius 1 is 1.02 bits per heavy atom. The number of para-hydroxylation sites is 1. The zero-order valence-corrected chi connectivity index (χ0v) is 34.8. The second-order valence-corrected chi connectivity index (χ2v) is 18.3. The molecule has 10 atom stereocenters. The number of esters is 2. The van der Waals surface area contributed by atoms with Gasteiger partial charge in [0.25, 0.3) is 0 Å². The maximum absolute atomic E-state index is 15.3. The largest absolute Gasteiger partial charge is 0.467 e. The first-order valence-corrected chi connectivity index (χ1v) is 21.4. The zero-order chi connectivity index (χ0) is 42.6. The van der Waals surface area contributed by atoms with Crippen LogP contribution in [0.3, 0.4) is 0 Å². The van der Waals surface area contributed by atoms with Gasteiger partial charge in [-0.25, -0.2) is 4.79 Å². The lowest BCUT2D eigenvalue weighted by molar-refractivity contribution is -0.228. The molecule has 2 saturated heterocycles. The maximum atomic E-state index is 15.3. The molecule has 9 rings (SSSR count). The van der Waals surface area contributed by atoms with E-state index >= 15 is 4.79 Å². The third-order valence-electron chi connectivity index (χ3n) is 15.7. The van der Waals surface area contributed by atoms with E-state index < -0.39 is 76.6 Å². The quantitative estimate of drug-likeness (QED) is 0.121. The van der Waals surface area contributed by atoms with E-state index in [1.165, 1.54) is 11.8 Å². The molecule has 1 aliphatic carbocycles. The average Bonchev–Trinajstić information content (AvgIpc) is 3.92. The first-order chi connectivity index (χ1) is 28.8. The summed E-state index contributed by atoms with van der Waals surface area (Å²) in [7, 11) is 1.15. The zero-order valence-electron chi connectivity index (χ0n) is 34.8. The smallest absolute Gasteiger partial charge is 0.344 e. The number of methoxy groups -OCH3 is 1. The van der Waals surface area contributed by atoms with E-state index in [2.05, 4.69) is 14.8 Å². The Morgan fingerprint density at radius 2 is 1.80 bits per heavy atom. The molecule has 14 heteroatoms. The number of aromatic amines is 1. The van der Waals surface area contributed by atoms with Gasteiger partial charge in [-0.3, -0.25) is 24.2 Å². The van der Waals surface area contributed by atoms with Gasteiger partial charge in [-0.1, -0.05) is 50.3 Å². The standard InChI is InChI=1S/C46H56N4O10/c1-5-42(57)20-28-21-45(36(55)24-52,37-31(12-16-48(22-28)25-42)30-10-7-8-11-34(30)47-37)32-19-33-35(18-29(32)23-51)50(26-53)39-44(33)14-17-49-15-9-13-43(6-2,38(44)49)40(60-27(3)54)46(39,58)41(56)59-4/h7-11,13,18-19,26,28,38-40,47,51-52,57-58H,5-6,12,14-17,20-25H2,1-4H3/t28-,38+,39-,40-,42+,43-,44?,45-,46+/m1/s1. The molecule has 1 amide bonds. The SMILES string of the molecule is CC[C@]1(O)C[C@H]2CN(CCc3c([nH]c4ccccc34)[C@@](C(=O)CO)(c3cc4c(cc3CO)N(C=O)[C@@H]3C45CCN4CC=C[C@](CC)([C@H]45)[C@@H](OC(C)=O)[C@]3(O)C(=O)OC)C2)C1. The second kappa shape index (κ2) is 14.3. The molecule has 1 aromatic heterocycles. The number of aliphatic hydroxyl groups is 4. The Kier molecular flexibility index (Phi) is 9.77. The average molecular weight is 825 g/mol. The van der Waals surface area contributed by atoms with E-state index in [-0.39, 0.29) is 12.3 Å². The normalized spacial score (nSPS) is 36.6. The summed E-state index contributed by atoms with van der Waals surface area (Å²) in [6, 6.07) is 9.62. The van der Waals surface area contributed by atoms with Crippen molar-refractivity contribution in [2.24, 2.45) is 11.3 Å². The van der Waals surface area contributed by atoms with E-state index in [0.717, 1.165) is 23.6 Å². The highest BCUT2D eigenvalue weighted by Gasteiger charge is 2.81. The number of nitrogens with zero attached hydrogens (tertiary/aromatic N) is 3. The van der Waals surface area contributed by atoms with Crippen LogP contribution in [-0.2, 0) is 52.5 Å². The Bertz CT molecular complexity index is 2310. The molecule has 0 radical (unpaired) electrons. The van der Waals surface area contributed by atoms with Gasteiger partial charge in [-0.05, 0) is 85.4 Å². The molecule has 1 saturated carbocycles. The van der Waals surface area contributed by atoms with Gasteiger partial charge in [0.05, 0.1) is 30.8 Å². The number of aromatic nitrogens is 1. The van der Waals surface area contributed by atoms with Crippen LogP contribution in [0.4, 0.5) is 5.69 Å². The lowest BCUT2D eigenvalue weighted by Gasteiger charge is -2.63. The lowest BCUT2D eigenvalue weighted by Crippen LogP contribution is -2.81. The van der Waals surface area contributed by atoms with Crippen LogP contribution in [0.25, 0.3) is 10.9 Å². The predicted molar refractivity (Wildman–Crippen MR) is 220 cm³/mol. The molecular weight excluding hydrogens is 769 g/mol. The van der Waals surface area contributed by atoms with Crippen LogP contribution in [0.2, 0.25) is 0 Å². The van der Waals surface area contributed by atoms with Crippen molar-refractivity contribution in [2.45, 2.75) is 106 Å². The number of carbonyl (C=O) groups excluding carboxylic acids is 4. The number of ketones is 1. The molecule has 14 nitrogen and oxygen atoms in total. The minimum Gasteiger partial charge on any atom is -0.467 e. The Hall–Kier alpha value is -4.44. The van der Waals surface area contributed by atoms with Gasteiger partial charge in [0.1, 0.15) is 6.61 Å². The number of amides is 1. The van der Waals surface area contributed by atoms with Gasteiger partial charge in [-0.15, -0.1) is 0 Å². The van der Waals surface area contributed by atoms with Gasteiger partial charge in [0.15, 0.2) is 11.9 Å². The molecule has 3 aromatic rings. The third kappa shape index (κ3) is 5.27. The highest BCUT2D eigenvalue weighted by Crippen LogP contribution is 2.68. The topological polar surface area (TPSA) is 193 Å². The fraction of sp³-hybridized carbons (Fsp3) is 0.565. The number of carbonyl (C=O) groups is 4. The Labute approximate surface area is 349 Å². The number of nitrogens with one attached hydrogen (secondary N) is 1. The minimum atomic E-state index is -2.57. The number of anilines is 1. The fourth-order valence-electron chi connectivity index (χ4n) is 13.5. The Morgan fingerprint density at radius 3 is 2.48 bits per heavy atom. The van der Waals surface area contributed by atoms with Crippen LogP contribution < -0.4 is 4.90 Å². The van der Waals surface area contributed by atoms with Crippen LogP contribution in [-0.4, -0.2) is 135 Å². The monoisotopic (exact) mass is 824 g/mol. The van der Waals surface area contributed by atoms with Gasteiger partial charge >= 0.3 is 11.9 Å². The molecule has 60 heavy (non-hydrogen) atoms. The first-order valence-electron chi connectivity index (χ1n) is 21.4. The molecule has 3 fully saturated rings. The minimum absolute atomic E-state index is 0.197. The van der Waals surface area contributed by atoms with Crippen LogP contribution in [0.1, 0.15) is 80.8 Å². The summed E-state index contributed by atoms with van der Waals surface area (Å²) < 4.78 is 11.4. The molecule has 320 valence electrons. The predicted octanol–water partition coefficient (Wildman–Crippen LogP) is 2.39. The van der Waals surface area contributed by atoms with Crippen LogP contribution in [0.15, 0.2) is 48.6 Å². The number of aliphatic hydroxyl groups excluding tert-OH is 2. The summed E-state index contributed by atoms with van der Waals surface area (Å²) in [6.45, 7) is 6.54. The summed E-state index contributed by atoms with van der Waals surface area (Å²) in [5.74, 6) is -2.46. The van der Waals surface area contributed by atoms with Gasteiger partial charge < -0.3 is 39.8 Å². The highest BCUT2D eigenvalue weighted by atomic mass is 16.6. The van der Waals surface area contributed by atoms with Gasteiger partial charge in [0.2, 0.25) is 12.0 Å². The van der Waals surface area contributed by atoms with E-state index in [0.29, 0.717) is 99.3 Å². The molecule has 2 bridgehead atoms. The fourth-order valence-corrected chi connectivity index (χ4v) is 13.5. The third-order valence-corrected chi connectivity index (χ3v) is 15.7. The van der Waals surface area contributed by atoms with Crippen molar-refractivity contribution in [3.05, 3.63) is 76.5 Å². The maximum Gasteiger partial charge on any atom is 0.344 e. The van der Waals surface area contributed by atoms with E-state index in [1.54, 1.807) is 6.07 Å². The number of ether oxygens (including phenoxy) is 2. The molecular formula is C46H56N4O10.